The molecule has 1 aliphatic heterocycles. The number of allylic oxidation sites excluding steroid dienone is 2. The number of carboxylic acid groups (broad SMARTS) is 1. The summed E-state index contributed by atoms with van der Waals surface area (Å²) >= 11 is 3.56. The van der Waals surface area contributed by atoms with E-state index in [2.05, 4.69) is 51.6 Å². The molecule has 0 spiro atoms. The zero-order valence-electron chi connectivity index (χ0n) is 13.3. The van der Waals surface area contributed by atoms with E-state index < -0.39 is 5.97 Å². The van der Waals surface area contributed by atoms with E-state index in [9.17, 15) is 9.90 Å². The molecular formula is C20H18BrNO2. The molecule has 0 fully saturated rings. The fourth-order valence-electron chi connectivity index (χ4n) is 4.08. The SMILES string of the molecule is Cc1c(C(=O)O)ccc2c1N[C@H](c1cccc(Br)c1)[C@@H]1CC=C[C@H]21. The average Bonchev–Trinajstić information content (AvgIpc) is 3.04. The fraction of sp³-hybridized carbons (Fsp3) is 0.250. The highest BCUT2D eigenvalue weighted by Gasteiger charge is 2.38. The summed E-state index contributed by atoms with van der Waals surface area (Å²) in [7, 11) is 0. The summed E-state index contributed by atoms with van der Waals surface area (Å²) in [5.41, 5.74) is 4.61. The first kappa shape index (κ1) is 15.5. The van der Waals surface area contributed by atoms with Gasteiger partial charge < -0.3 is 10.4 Å². The Kier molecular flexibility index (Phi) is 3.72. The van der Waals surface area contributed by atoms with Crippen molar-refractivity contribution in [2.45, 2.75) is 25.3 Å². The molecule has 0 saturated heterocycles. The first-order valence-corrected chi connectivity index (χ1v) is 8.91. The van der Waals surface area contributed by atoms with E-state index in [1.807, 2.05) is 19.1 Å². The number of halogens is 1. The molecule has 0 unspecified atom stereocenters. The minimum atomic E-state index is -0.875. The Bertz CT molecular complexity index is 859. The summed E-state index contributed by atoms with van der Waals surface area (Å²) < 4.78 is 1.06. The molecule has 0 saturated carbocycles. The molecule has 2 aromatic carbocycles. The van der Waals surface area contributed by atoms with Crippen molar-refractivity contribution in [3.8, 4) is 0 Å². The Balaban J connectivity index is 1.85. The van der Waals surface area contributed by atoms with Crippen molar-refractivity contribution in [3.63, 3.8) is 0 Å². The summed E-state index contributed by atoms with van der Waals surface area (Å²) in [6.07, 6.45) is 5.56. The van der Waals surface area contributed by atoms with E-state index in [1.165, 1.54) is 11.1 Å². The van der Waals surface area contributed by atoms with Crippen LogP contribution in [-0.2, 0) is 0 Å². The number of rotatable bonds is 2. The Labute approximate surface area is 149 Å². The second-order valence-corrected chi connectivity index (χ2v) is 7.45. The van der Waals surface area contributed by atoms with Crippen molar-refractivity contribution >= 4 is 27.6 Å². The quantitative estimate of drug-likeness (QED) is 0.693. The number of fused-ring (bicyclic) bond motifs is 3. The summed E-state index contributed by atoms with van der Waals surface area (Å²) in [5.74, 6) is -0.0751. The predicted octanol–water partition coefficient (Wildman–Crippen LogP) is 5.28. The van der Waals surface area contributed by atoms with Crippen LogP contribution in [0.25, 0.3) is 0 Å². The maximum Gasteiger partial charge on any atom is 0.336 e. The van der Waals surface area contributed by atoms with Gasteiger partial charge in [0.1, 0.15) is 0 Å². The molecule has 1 heterocycles. The number of nitrogens with one attached hydrogen (secondary N) is 1. The predicted molar refractivity (Wildman–Crippen MR) is 98.6 cm³/mol. The number of carboxylic acids is 1. The van der Waals surface area contributed by atoms with Crippen molar-refractivity contribution in [1.82, 2.24) is 0 Å². The van der Waals surface area contributed by atoms with Crippen molar-refractivity contribution in [2.75, 3.05) is 5.32 Å². The Morgan fingerprint density at radius 2 is 2.12 bits per heavy atom. The van der Waals surface area contributed by atoms with Gasteiger partial charge in [-0.15, -0.1) is 0 Å². The Morgan fingerprint density at radius 3 is 2.88 bits per heavy atom. The number of hydrogen-bond acceptors (Lipinski definition) is 2. The van der Waals surface area contributed by atoms with Crippen molar-refractivity contribution in [2.24, 2.45) is 5.92 Å². The second kappa shape index (κ2) is 5.78. The van der Waals surface area contributed by atoms with E-state index in [0.717, 1.165) is 22.1 Å². The van der Waals surface area contributed by atoms with Gasteiger partial charge in [0.15, 0.2) is 0 Å². The summed E-state index contributed by atoms with van der Waals surface area (Å²) in [4.78, 5) is 11.5. The Hall–Kier alpha value is -2.07. The van der Waals surface area contributed by atoms with Crippen LogP contribution >= 0.6 is 15.9 Å². The van der Waals surface area contributed by atoms with E-state index in [4.69, 9.17) is 0 Å². The number of carbonyl (C=O) groups is 1. The lowest BCUT2D eigenvalue weighted by atomic mass is 9.76. The van der Waals surface area contributed by atoms with E-state index >= 15 is 0 Å². The molecular weight excluding hydrogens is 366 g/mol. The maximum absolute atomic E-state index is 11.5. The van der Waals surface area contributed by atoms with Crippen LogP contribution in [0.15, 0.2) is 53.0 Å². The van der Waals surface area contributed by atoms with Gasteiger partial charge >= 0.3 is 5.97 Å². The van der Waals surface area contributed by atoms with E-state index in [0.29, 0.717) is 17.4 Å². The van der Waals surface area contributed by atoms with Gasteiger partial charge in [-0.05, 0) is 54.2 Å². The molecule has 3 atom stereocenters. The highest BCUT2D eigenvalue weighted by molar-refractivity contribution is 9.10. The lowest BCUT2D eigenvalue weighted by Gasteiger charge is -2.38. The molecule has 3 nitrogen and oxygen atoms in total. The number of benzene rings is 2. The van der Waals surface area contributed by atoms with Gasteiger partial charge in [-0.1, -0.05) is 46.3 Å². The molecule has 2 aromatic rings. The van der Waals surface area contributed by atoms with Gasteiger partial charge in [-0.25, -0.2) is 4.79 Å². The van der Waals surface area contributed by atoms with Crippen molar-refractivity contribution < 1.29 is 9.90 Å². The summed E-state index contributed by atoms with van der Waals surface area (Å²) in [6.45, 7) is 1.90. The molecule has 4 heteroatoms. The van der Waals surface area contributed by atoms with Crippen LogP contribution in [0.4, 0.5) is 5.69 Å². The minimum absolute atomic E-state index is 0.178. The van der Waals surface area contributed by atoms with Gasteiger partial charge in [0.05, 0.1) is 11.6 Å². The van der Waals surface area contributed by atoms with Crippen LogP contribution in [-0.4, -0.2) is 11.1 Å². The minimum Gasteiger partial charge on any atom is -0.478 e. The largest absolute Gasteiger partial charge is 0.478 e. The third kappa shape index (κ3) is 2.37. The maximum atomic E-state index is 11.5. The van der Waals surface area contributed by atoms with Gasteiger partial charge in [-0.2, -0.15) is 0 Å². The summed E-state index contributed by atoms with van der Waals surface area (Å²) in [6, 6.07) is 12.3. The average molecular weight is 384 g/mol. The van der Waals surface area contributed by atoms with E-state index in [1.54, 1.807) is 6.07 Å². The molecule has 4 rings (SSSR count). The molecule has 0 aromatic heterocycles. The Morgan fingerprint density at radius 1 is 1.29 bits per heavy atom. The van der Waals surface area contributed by atoms with Crippen molar-refractivity contribution in [3.05, 3.63) is 75.3 Å². The van der Waals surface area contributed by atoms with Crippen LogP contribution in [0.3, 0.4) is 0 Å². The number of anilines is 1. The monoisotopic (exact) mass is 383 g/mol. The van der Waals surface area contributed by atoms with Crippen LogP contribution in [0.5, 0.6) is 0 Å². The molecule has 122 valence electrons. The topological polar surface area (TPSA) is 49.3 Å². The molecule has 0 bridgehead atoms. The van der Waals surface area contributed by atoms with Gasteiger partial charge in [0.2, 0.25) is 0 Å². The van der Waals surface area contributed by atoms with Gasteiger partial charge in [-0.3, -0.25) is 0 Å². The highest BCUT2D eigenvalue weighted by Crippen LogP contribution is 2.51. The summed E-state index contributed by atoms with van der Waals surface area (Å²) in [5, 5.41) is 13.1. The zero-order valence-corrected chi connectivity index (χ0v) is 14.9. The number of aromatic carboxylic acids is 1. The van der Waals surface area contributed by atoms with Gasteiger partial charge in [0.25, 0.3) is 0 Å². The van der Waals surface area contributed by atoms with E-state index in [-0.39, 0.29) is 6.04 Å². The van der Waals surface area contributed by atoms with Crippen LogP contribution in [0, 0.1) is 12.8 Å². The lowest BCUT2D eigenvalue weighted by Crippen LogP contribution is -2.30. The second-order valence-electron chi connectivity index (χ2n) is 6.54. The molecule has 0 amide bonds. The lowest BCUT2D eigenvalue weighted by molar-refractivity contribution is 0.0696. The van der Waals surface area contributed by atoms with Crippen LogP contribution in [0.2, 0.25) is 0 Å². The fourth-order valence-corrected chi connectivity index (χ4v) is 4.49. The van der Waals surface area contributed by atoms with Crippen LogP contribution < -0.4 is 5.32 Å². The first-order valence-electron chi connectivity index (χ1n) is 8.11. The highest BCUT2D eigenvalue weighted by atomic mass is 79.9. The molecule has 24 heavy (non-hydrogen) atoms. The zero-order chi connectivity index (χ0) is 16.8. The van der Waals surface area contributed by atoms with Crippen LogP contribution in [0.1, 0.15) is 45.4 Å². The smallest absolute Gasteiger partial charge is 0.336 e. The first-order chi connectivity index (χ1) is 11.6. The number of hydrogen-bond donors (Lipinski definition) is 2. The normalized spacial score (nSPS) is 24.2. The molecule has 0 radical (unpaired) electrons. The molecule has 2 aliphatic rings. The standard InChI is InChI=1S/C20H18BrNO2/c1-11-14(20(23)24)8-9-17-15-6-3-7-16(15)19(22-18(11)17)12-4-2-5-13(21)10-12/h2-6,8-10,15-16,19,22H,7H2,1H3,(H,23,24)/t15-,16+,19+/m0/s1. The van der Waals surface area contributed by atoms with Gasteiger partial charge in [0, 0.05) is 16.1 Å². The third-order valence-electron chi connectivity index (χ3n) is 5.24. The third-order valence-corrected chi connectivity index (χ3v) is 5.73. The van der Waals surface area contributed by atoms with Crippen molar-refractivity contribution in [1.29, 1.82) is 0 Å². The molecule has 1 aliphatic carbocycles. The molecule has 2 N–H and O–H groups in total.